The third-order valence-corrected chi connectivity index (χ3v) is 6.55. The van der Waals surface area contributed by atoms with Gasteiger partial charge in [-0.15, -0.1) is 0 Å². The van der Waals surface area contributed by atoms with E-state index in [0.717, 1.165) is 54.9 Å². The minimum Gasteiger partial charge on any atom is -0.487 e. The average molecular weight is 406 g/mol. The molecule has 1 fully saturated rings. The van der Waals surface area contributed by atoms with Gasteiger partial charge >= 0.3 is 0 Å². The van der Waals surface area contributed by atoms with E-state index in [1.165, 1.54) is 30.4 Å². The predicted molar refractivity (Wildman–Crippen MR) is 119 cm³/mol. The van der Waals surface area contributed by atoms with Crippen LogP contribution in [0.15, 0.2) is 47.6 Å². The summed E-state index contributed by atoms with van der Waals surface area (Å²) in [6.45, 7) is 4.09. The number of oxime groups is 1. The molecule has 1 heterocycles. The zero-order valence-corrected chi connectivity index (χ0v) is 18.0. The number of hydrogen-bond donors (Lipinski definition) is 0. The number of benzene rings is 2. The molecule has 0 amide bonds. The Morgan fingerprint density at radius 3 is 2.40 bits per heavy atom. The highest BCUT2D eigenvalue weighted by Crippen LogP contribution is 2.41. The Bertz CT molecular complexity index is 918. The molecule has 0 radical (unpaired) electrons. The molecule has 0 unspecified atom stereocenters. The lowest BCUT2D eigenvalue weighted by atomic mass is 9.81. The molecule has 30 heavy (non-hydrogen) atoms. The van der Waals surface area contributed by atoms with Crippen molar-refractivity contribution < 1.29 is 14.3 Å². The van der Waals surface area contributed by atoms with E-state index < -0.39 is 0 Å². The normalized spacial score (nSPS) is 20.2. The van der Waals surface area contributed by atoms with Crippen LogP contribution in [0.5, 0.6) is 11.5 Å². The van der Waals surface area contributed by atoms with Crippen LogP contribution in [0, 0.1) is 0 Å². The molecular weight excluding hydrogens is 374 g/mol. The van der Waals surface area contributed by atoms with Crippen LogP contribution in [0.1, 0.15) is 69.1 Å². The second-order valence-electron chi connectivity index (χ2n) is 9.29. The first-order valence-electron chi connectivity index (χ1n) is 11.4. The lowest BCUT2D eigenvalue weighted by Crippen LogP contribution is -2.31. The SMILES string of the molecule is CC(C)Oc1ccc(C2=NOC3(CCCCC3)C2)cc1OC1Cc2ccccc2C1. The second kappa shape index (κ2) is 7.98. The van der Waals surface area contributed by atoms with Crippen LogP contribution in [0.4, 0.5) is 0 Å². The van der Waals surface area contributed by atoms with Gasteiger partial charge in [-0.05, 0) is 68.9 Å². The van der Waals surface area contributed by atoms with Crippen molar-refractivity contribution in [3.05, 3.63) is 59.2 Å². The van der Waals surface area contributed by atoms with Crippen LogP contribution in [0.25, 0.3) is 0 Å². The van der Waals surface area contributed by atoms with Gasteiger partial charge in [0.05, 0.1) is 11.8 Å². The molecule has 2 aromatic carbocycles. The van der Waals surface area contributed by atoms with Crippen molar-refractivity contribution in [1.29, 1.82) is 0 Å². The first-order valence-corrected chi connectivity index (χ1v) is 11.4. The summed E-state index contributed by atoms with van der Waals surface area (Å²) in [6.07, 6.45) is 9.01. The van der Waals surface area contributed by atoms with Crippen LogP contribution < -0.4 is 9.47 Å². The standard InChI is InChI=1S/C26H31NO3/c1-18(2)28-24-11-10-21(23-17-26(30-27-23)12-6-3-7-13-26)16-25(24)29-22-14-19-8-4-5-9-20(19)15-22/h4-5,8-11,16,18,22H,3,6-7,12-15,17H2,1-2H3. The maximum absolute atomic E-state index is 6.51. The van der Waals surface area contributed by atoms with Crippen LogP contribution in [-0.2, 0) is 17.7 Å². The molecule has 4 heteroatoms. The summed E-state index contributed by atoms with van der Waals surface area (Å²) in [5.74, 6) is 1.61. The molecule has 0 atom stereocenters. The smallest absolute Gasteiger partial charge is 0.162 e. The molecule has 0 aromatic heterocycles. The van der Waals surface area contributed by atoms with E-state index in [1.807, 2.05) is 19.9 Å². The zero-order valence-electron chi connectivity index (χ0n) is 18.0. The van der Waals surface area contributed by atoms with Crippen LogP contribution in [0.3, 0.4) is 0 Å². The summed E-state index contributed by atoms with van der Waals surface area (Å²) >= 11 is 0. The fraction of sp³-hybridized carbons (Fsp3) is 0.500. The summed E-state index contributed by atoms with van der Waals surface area (Å²) in [6, 6.07) is 14.8. The summed E-state index contributed by atoms with van der Waals surface area (Å²) in [5, 5.41) is 4.50. The van der Waals surface area contributed by atoms with Crippen molar-refractivity contribution in [3.8, 4) is 11.5 Å². The van der Waals surface area contributed by atoms with E-state index in [9.17, 15) is 0 Å². The number of nitrogens with zero attached hydrogens (tertiary/aromatic N) is 1. The summed E-state index contributed by atoms with van der Waals surface area (Å²) in [5.41, 5.74) is 4.82. The van der Waals surface area contributed by atoms with Crippen LogP contribution in [0.2, 0.25) is 0 Å². The van der Waals surface area contributed by atoms with E-state index in [-0.39, 0.29) is 17.8 Å². The lowest BCUT2D eigenvalue weighted by molar-refractivity contribution is -0.0449. The Balaban J connectivity index is 1.37. The van der Waals surface area contributed by atoms with E-state index in [0.29, 0.717) is 0 Å². The average Bonchev–Trinajstić information content (AvgIpc) is 3.33. The van der Waals surface area contributed by atoms with Gasteiger partial charge in [0.1, 0.15) is 11.7 Å². The molecule has 2 aromatic rings. The van der Waals surface area contributed by atoms with Gasteiger partial charge in [-0.25, -0.2) is 0 Å². The van der Waals surface area contributed by atoms with E-state index in [4.69, 9.17) is 14.3 Å². The Kier molecular flexibility index (Phi) is 5.18. The van der Waals surface area contributed by atoms with E-state index in [2.05, 4.69) is 41.6 Å². The quantitative estimate of drug-likeness (QED) is 0.627. The maximum Gasteiger partial charge on any atom is 0.162 e. The summed E-state index contributed by atoms with van der Waals surface area (Å²) < 4.78 is 12.6. The molecule has 0 bridgehead atoms. The highest BCUT2D eigenvalue weighted by molar-refractivity contribution is 6.02. The Labute approximate surface area is 179 Å². The van der Waals surface area contributed by atoms with Crippen LogP contribution >= 0.6 is 0 Å². The summed E-state index contributed by atoms with van der Waals surface area (Å²) in [4.78, 5) is 5.97. The van der Waals surface area contributed by atoms with E-state index in [1.54, 1.807) is 0 Å². The largest absolute Gasteiger partial charge is 0.487 e. The van der Waals surface area contributed by atoms with Gasteiger partial charge in [0.2, 0.25) is 0 Å². The number of rotatable bonds is 5. The fourth-order valence-corrected chi connectivity index (χ4v) is 5.05. The molecule has 0 saturated heterocycles. The van der Waals surface area contributed by atoms with Crippen LogP contribution in [-0.4, -0.2) is 23.5 Å². The first kappa shape index (κ1) is 19.5. The molecular formula is C26H31NO3. The lowest BCUT2D eigenvalue weighted by Gasteiger charge is -2.30. The van der Waals surface area contributed by atoms with Gasteiger partial charge < -0.3 is 14.3 Å². The zero-order chi connectivity index (χ0) is 20.6. The molecule has 5 rings (SSSR count). The Hall–Kier alpha value is -2.49. The van der Waals surface area contributed by atoms with Crippen molar-refractivity contribution in [1.82, 2.24) is 0 Å². The Morgan fingerprint density at radius 1 is 0.967 bits per heavy atom. The molecule has 1 spiro atoms. The van der Waals surface area contributed by atoms with Gasteiger partial charge in [-0.2, -0.15) is 0 Å². The molecule has 1 saturated carbocycles. The third kappa shape index (κ3) is 3.92. The van der Waals surface area contributed by atoms with Gasteiger partial charge in [0, 0.05) is 24.8 Å². The maximum atomic E-state index is 6.51. The van der Waals surface area contributed by atoms with Crippen molar-refractivity contribution in [3.63, 3.8) is 0 Å². The third-order valence-electron chi connectivity index (χ3n) is 6.55. The minimum absolute atomic E-state index is 0.0746. The number of fused-ring (bicyclic) bond motifs is 1. The van der Waals surface area contributed by atoms with Gasteiger partial charge in [0.25, 0.3) is 0 Å². The topological polar surface area (TPSA) is 40.0 Å². The minimum atomic E-state index is -0.0746. The highest BCUT2D eigenvalue weighted by Gasteiger charge is 2.40. The molecule has 2 aliphatic carbocycles. The van der Waals surface area contributed by atoms with Gasteiger partial charge in [0.15, 0.2) is 11.5 Å². The molecule has 158 valence electrons. The first-order chi connectivity index (χ1) is 14.6. The summed E-state index contributed by atoms with van der Waals surface area (Å²) in [7, 11) is 0. The van der Waals surface area contributed by atoms with Crippen molar-refractivity contribution in [2.75, 3.05) is 0 Å². The molecule has 4 nitrogen and oxygen atoms in total. The number of ether oxygens (including phenoxy) is 2. The molecule has 3 aliphatic rings. The molecule has 1 aliphatic heterocycles. The van der Waals surface area contributed by atoms with Gasteiger partial charge in [-0.1, -0.05) is 35.8 Å². The number of hydrogen-bond acceptors (Lipinski definition) is 4. The van der Waals surface area contributed by atoms with Crippen molar-refractivity contribution >= 4 is 5.71 Å². The predicted octanol–water partition coefficient (Wildman–Crippen LogP) is 5.85. The molecule has 0 N–H and O–H groups in total. The fourth-order valence-electron chi connectivity index (χ4n) is 5.05. The van der Waals surface area contributed by atoms with Gasteiger partial charge in [-0.3, -0.25) is 0 Å². The van der Waals surface area contributed by atoms with E-state index >= 15 is 0 Å². The van der Waals surface area contributed by atoms with Crippen molar-refractivity contribution in [2.45, 2.75) is 83.0 Å². The highest BCUT2D eigenvalue weighted by atomic mass is 16.7. The van der Waals surface area contributed by atoms with Crippen molar-refractivity contribution in [2.24, 2.45) is 5.16 Å². The monoisotopic (exact) mass is 405 g/mol. The Morgan fingerprint density at radius 2 is 1.70 bits per heavy atom. The second-order valence-corrected chi connectivity index (χ2v) is 9.29.